The summed E-state index contributed by atoms with van der Waals surface area (Å²) in [6, 6.07) is 4.28. The fraction of sp³-hybridized carbons (Fsp3) is 0.636. The highest BCUT2D eigenvalue weighted by atomic mass is 32.1. The van der Waals surface area contributed by atoms with E-state index in [1.807, 2.05) is 18.3 Å². The van der Waals surface area contributed by atoms with E-state index in [0.29, 0.717) is 0 Å². The smallest absolute Gasteiger partial charge is 0.0568 e. The fourth-order valence-electron chi connectivity index (χ4n) is 1.86. The molecule has 0 amide bonds. The van der Waals surface area contributed by atoms with Gasteiger partial charge in [-0.2, -0.15) is 0 Å². The molecule has 1 aliphatic rings. The lowest BCUT2D eigenvalue weighted by molar-refractivity contribution is 0.105. The number of aliphatic hydroxyl groups excluding tert-OH is 1. The van der Waals surface area contributed by atoms with E-state index < -0.39 is 0 Å². The molecule has 0 aliphatic heterocycles. The highest BCUT2D eigenvalue weighted by Gasteiger charge is 2.45. The van der Waals surface area contributed by atoms with Crippen LogP contribution in [0.15, 0.2) is 17.5 Å². The van der Waals surface area contributed by atoms with Gasteiger partial charge in [-0.15, -0.1) is 11.3 Å². The molecule has 1 saturated carbocycles. The summed E-state index contributed by atoms with van der Waals surface area (Å²) in [6.07, 6.45) is 4.62. The van der Waals surface area contributed by atoms with Crippen molar-refractivity contribution >= 4 is 11.3 Å². The minimum Gasteiger partial charge on any atom is -0.393 e. The Morgan fingerprint density at radius 2 is 2.38 bits per heavy atom. The van der Waals surface area contributed by atoms with Gasteiger partial charge in [0, 0.05) is 4.88 Å². The fourth-order valence-corrected chi connectivity index (χ4v) is 2.57. The monoisotopic (exact) mass is 196 g/mol. The van der Waals surface area contributed by atoms with Gasteiger partial charge in [-0.3, -0.25) is 0 Å². The van der Waals surface area contributed by atoms with Crippen LogP contribution in [0.4, 0.5) is 0 Å². The summed E-state index contributed by atoms with van der Waals surface area (Å²) in [5.41, 5.74) is 0.282. The summed E-state index contributed by atoms with van der Waals surface area (Å²) in [5, 5.41) is 11.7. The van der Waals surface area contributed by atoms with Crippen molar-refractivity contribution in [2.24, 2.45) is 5.41 Å². The Bertz CT molecular complexity index is 260. The second-order valence-electron chi connectivity index (χ2n) is 4.12. The minimum absolute atomic E-state index is 0.118. The molecule has 1 unspecified atom stereocenters. The van der Waals surface area contributed by atoms with Crippen LogP contribution in [0.2, 0.25) is 0 Å². The van der Waals surface area contributed by atoms with Crippen LogP contribution >= 0.6 is 11.3 Å². The van der Waals surface area contributed by atoms with Crippen LogP contribution in [0, 0.1) is 5.41 Å². The zero-order valence-electron chi connectivity index (χ0n) is 7.99. The maximum Gasteiger partial charge on any atom is 0.0568 e. The second-order valence-corrected chi connectivity index (χ2v) is 5.15. The van der Waals surface area contributed by atoms with Crippen LogP contribution in [0.25, 0.3) is 0 Å². The van der Waals surface area contributed by atoms with Crippen LogP contribution in [0.3, 0.4) is 0 Å². The number of hydrogen-bond acceptors (Lipinski definition) is 2. The van der Waals surface area contributed by atoms with Crippen molar-refractivity contribution in [1.29, 1.82) is 0 Å². The van der Waals surface area contributed by atoms with Gasteiger partial charge in [-0.1, -0.05) is 6.07 Å². The molecule has 1 heterocycles. The summed E-state index contributed by atoms with van der Waals surface area (Å²) >= 11 is 1.82. The normalized spacial score (nSPS) is 21.4. The van der Waals surface area contributed by atoms with Gasteiger partial charge in [0.15, 0.2) is 0 Å². The maximum atomic E-state index is 9.57. The Morgan fingerprint density at radius 1 is 1.62 bits per heavy atom. The Labute approximate surface area is 83.4 Å². The number of aliphatic hydroxyl groups is 1. The average molecular weight is 196 g/mol. The van der Waals surface area contributed by atoms with E-state index in [0.717, 1.165) is 12.8 Å². The number of thiophene rings is 1. The lowest BCUT2D eigenvalue weighted by Crippen LogP contribution is -2.18. The van der Waals surface area contributed by atoms with Crippen molar-refractivity contribution in [3.05, 3.63) is 22.4 Å². The summed E-state index contributed by atoms with van der Waals surface area (Å²) in [7, 11) is 0. The molecule has 1 N–H and O–H groups in total. The van der Waals surface area contributed by atoms with Crippen molar-refractivity contribution in [1.82, 2.24) is 0 Å². The standard InChI is InChI=1S/C11H16OS/c1-9(12)11(6-7-11)5-4-10-3-2-8-13-10/h2-3,8-9,12H,4-7H2,1H3. The molecule has 0 radical (unpaired) electrons. The molecule has 0 spiro atoms. The summed E-state index contributed by atoms with van der Waals surface area (Å²) in [5.74, 6) is 0. The average Bonchev–Trinajstić information content (AvgIpc) is 2.73. The third-order valence-electron chi connectivity index (χ3n) is 3.23. The molecular formula is C11H16OS. The van der Waals surface area contributed by atoms with Crippen molar-refractivity contribution in [3.63, 3.8) is 0 Å². The van der Waals surface area contributed by atoms with Crippen LogP contribution in [-0.4, -0.2) is 11.2 Å². The third-order valence-corrected chi connectivity index (χ3v) is 4.16. The van der Waals surface area contributed by atoms with E-state index in [-0.39, 0.29) is 11.5 Å². The molecule has 13 heavy (non-hydrogen) atoms. The predicted octanol–water partition coefficient (Wildman–Crippen LogP) is 2.84. The topological polar surface area (TPSA) is 20.2 Å². The molecule has 0 saturated heterocycles. The Morgan fingerprint density at radius 3 is 2.85 bits per heavy atom. The van der Waals surface area contributed by atoms with E-state index in [2.05, 4.69) is 17.5 Å². The third kappa shape index (κ3) is 1.94. The first kappa shape index (κ1) is 9.22. The first-order valence-electron chi connectivity index (χ1n) is 4.93. The molecule has 1 aromatic heterocycles. The zero-order chi connectivity index (χ0) is 9.31. The molecule has 0 bridgehead atoms. The highest BCUT2D eigenvalue weighted by molar-refractivity contribution is 7.09. The van der Waals surface area contributed by atoms with E-state index >= 15 is 0 Å². The quantitative estimate of drug-likeness (QED) is 0.785. The lowest BCUT2D eigenvalue weighted by atomic mass is 9.94. The van der Waals surface area contributed by atoms with Gasteiger partial charge < -0.3 is 5.11 Å². The van der Waals surface area contributed by atoms with E-state index in [1.54, 1.807) is 0 Å². The predicted molar refractivity (Wildman–Crippen MR) is 56.0 cm³/mol. The summed E-state index contributed by atoms with van der Waals surface area (Å²) < 4.78 is 0. The Hall–Kier alpha value is -0.340. The molecule has 1 nitrogen and oxygen atoms in total. The molecule has 1 aliphatic carbocycles. The molecule has 2 heteroatoms. The van der Waals surface area contributed by atoms with E-state index in [9.17, 15) is 5.11 Å². The second kappa shape index (κ2) is 3.43. The molecule has 2 rings (SSSR count). The van der Waals surface area contributed by atoms with Gasteiger partial charge in [-0.25, -0.2) is 0 Å². The SMILES string of the molecule is CC(O)C1(CCc2cccs2)CC1. The van der Waals surface area contributed by atoms with Gasteiger partial charge in [0.2, 0.25) is 0 Å². The van der Waals surface area contributed by atoms with Gasteiger partial charge in [0.1, 0.15) is 0 Å². The van der Waals surface area contributed by atoms with Crippen LogP contribution in [-0.2, 0) is 6.42 Å². The molecule has 1 fully saturated rings. The molecule has 1 aromatic rings. The minimum atomic E-state index is -0.118. The first-order valence-corrected chi connectivity index (χ1v) is 5.81. The molecule has 1 atom stereocenters. The number of hydrogen-bond donors (Lipinski definition) is 1. The van der Waals surface area contributed by atoms with Crippen molar-refractivity contribution < 1.29 is 5.11 Å². The largest absolute Gasteiger partial charge is 0.393 e. The van der Waals surface area contributed by atoms with E-state index in [1.165, 1.54) is 17.7 Å². The molecule has 72 valence electrons. The van der Waals surface area contributed by atoms with Gasteiger partial charge in [0.05, 0.1) is 6.10 Å². The van der Waals surface area contributed by atoms with Crippen molar-refractivity contribution in [2.45, 2.75) is 38.7 Å². The summed E-state index contributed by atoms with van der Waals surface area (Å²) in [6.45, 7) is 1.93. The highest BCUT2D eigenvalue weighted by Crippen LogP contribution is 2.52. The molecule has 0 aromatic carbocycles. The van der Waals surface area contributed by atoms with Gasteiger partial charge in [-0.05, 0) is 49.5 Å². The Balaban J connectivity index is 1.86. The number of aryl methyl sites for hydroxylation is 1. The zero-order valence-corrected chi connectivity index (χ0v) is 8.81. The van der Waals surface area contributed by atoms with Crippen LogP contribution in [0.5, 0.6) is 0 Å². The number of rotatable bonds is 4. The van der Waals surface area contributed by atoms with Gasteiger partial charge >= 0.3 is 0 Å². The van der Waals surface area contributed by atoms with Gasteiger partial charge in [0.25, 0.3) is 0 Å². The lowest BCUT2D eigenvalue weighted by Gasteiger charge is -2.17. The Kier molecular flexibility index (Phi) is 2.43. The van der Waals surface area contributed by atoms with Crippen LogP contribution < -0.4 is 0 Å². The van der Waals surface area contributed by atoms with E-state index in [4.69, 9.17) is 0 Å². The molecular weight excluding hydrogens is 180 g/mol. The maximum absolute atomic E-state index is 9.57. The van der Waals surface area contributed by atoms with Crippen molar-refractivity contribution in [3.8, 4) is 0 Å². The van der Waals surface area contributed by atoms with Crippen molar-refractivity contribution in [2.75, 3.05) is 0 Å². The van der Waals surface area contributed by atoms with Crippen LogP contribution in [0.1, 0.15) is 31.1 Å². The summed E-state index contributed by atoms with van der Waals surface area (Å²) in [4.78, 5) is 1.45. The first-order chi connectivity index (χ1) is 6.23.